The zero-order valence-corrected chi connectivity index (χ0v) is 15.6. The summed E-state index contributed by atoms with van der Waals surface area (Å²) >= 11 is 1.11. The Bertz CT molecular complexity index is 938. The number of hydrogen-bond donors (Lipinski definition) is 1. The minimum atomic E-state index is -0.983. The van der Waals surface area contributed by atoms with E-state index >= 15 is 0 Å². The van der Waals surface area contributed by atoms with E-state index in [2.05, 4.69) is 10.3 Å². The smallest absolute Gasteiger partial charge is 0.246 e. The number of hydrogen-bond acceptors (Lipinski definition) is 5. The number of anilines is 1. The van der Waals surface area contributed by atoms with E-state index in [4.69, 9.17) is 0 Å². The van der Waals surface area contributed by atoms with Crippen molar-refractivity contribution in [2.45, 2.75) is 25.7 Å². The normalized spacial score (nSPS) is 21.7. The van der Waals surface area contributed by atoms with Crippen LogP contribution in [0.3, 0.4) is 0 Å². The lowest BCUT2D eigenvalue weighted by Crippen LogP contribution is -2.38. The third-order valence-electron chi connectivity index (χ3n) is 5.20. The van der Waals surface area contributed by atoms with Crippen molar-refractivity contribution >= 4 is 34.2 Å². The lowest BCUT2D eigenvalue weighted by molar-refractivity contribution is -0.142. The number of aromatic nitrogens is 1. The van der Waals surface area contributed by atoms with Gasteiger partial charge in [0.05, 0.1) is 17.5 Å². The number of imide groups is 1. The molecule has 146 valence electrons. The molecule has 0 radical (unpaired) electrons. The molecule has 1 N–H and O–H groups in total. The van der Waals surface area contributed by atoms with Gasteiger partial charge in [-0.25, -0.2) is 13.8 Å². The molecule has 2 aromatic rings. The first kappa shape index (κ1) is 18.7. The summed E-state index contributed by atoms with van der Waals surface area (Å²) in [6, 6.07) is 3.42. The van der Waals surface area contributed by atoms with Crippen molar-refractivity contribution in [3.63, 3.8) is 0 Å². The molecule has 0 spiro atoms. The Kier molecular flexibility index (Phi) is 4.92. The molecule has 1 saturated carbocycles. The van der Waals surface area contributed by atoms with Gasteiger partial charge in [-0.2, -0.15) is 0 Å². The maximum atomic E-state index is 13.4. The predicted molar refractivity (Wildman–Crippen MR) is 98.3 cm³/mol. The zero-order chi connectivity index (χ0) is 19.8. The zero-order valence-electron chi connectivity index (χ0n) is 14.8. The summed E-state index contributed by atoms with van der Waals surface area (Å²) in [5.74, 6) is -3.59. The fraction of sp³-hybridized carbons (Fsp3) is 0.368. The second kappa shape index (κ2) is 7.38. The minimum absolute atomic E-state index is 0.251. The van der Waals surface area contributed by atoms with Gasteiger partial charge < -0.3 is 5.32 Å². The van der Waals surface area contributed by atoms with Crippen molar-refractivity contribution < 1.29 is 23.2 Å². The number of nitrogens with one attached hydrogen (secondary N) is 1. The van der Waals surface area contributed by atoms with Crippen molar-refractivity contribution in [1.29, 1.82) is 0 Å². The summed E-state index contributed by atoms with van der Waals surface area (Å²) in [4.78, 5) is 42.4. The van der Waals surface area contributed by atoms with Gasteiger partial charge in [-0.05, 0) is 31.0 Å². The van der Waals surface area contributed by atoms with Gasteiger partial charge in [-0.1, -0.05) is 12.8 Å². The lowest BCUT2D eigenvalue weighted by atomic mass is 9.81. The summed E-state index contributed by atoms with van der Waals surface area (Å²) in [6.45, 7) is -0.343. The molecule has 9 heteroatoms. The van der Waals surface area contributed by atoms with Gasteiger partial charge >= 0.3 is 0 Å². The summed E-state index contributed by atoms with van der Waals surface area (Å²) in [6.07, 6.45) is 3.23. The van der Waals surface area contributed by atoms with Crippen LogP contribution < -0.4 is 5.32 Å². The SMILES string of the molecule is O=C(CN1C(=O)[C@H]2CCCC[C@H]2C1=O)Nc1nc(-c2ccc(F)c(F)c2)cs1. The first-order valence-electron chi connectivity index (χ1n) is 9.00. The lowest BCUT2D eigenvalue weighted by Gasteiger charge is -2.19. The molecule has 28 heavy (non-hydrogen) atoms. The first-order valence-corrected chi connectivity index (χ1v) is 9.88. The number of carbonyl (C=O) groups excluding carboxylic acids is 3. The molecule has 2 aliphatic rings. The van der Waals surface area contributed by atoms with E-state index in [9.17, 15) is 23.2 Å². The van der Waals surface area contributed by atoms with Crippen molar-refractivity contribution in [3.8, 4) is 11.3 Å². The molecular weight excluding hydrogens is 388 g/mol. The summed E-state index contributed by atoms with van der Waals surface area (Å²) in [5.41, 5.74) is 0.767. The quantitative estimate of drug-likeness (QED) is 0.793. The number of carbonyl (C=O) groups is 3. The number of thiazole rings is 1. The van der Waals surface area contributed by atoms with E-state index in [-0.39, 0.29) is 35.3 Å². The number of rotatable bonds is 4. The van der Waals surface area contributed by atoms with E-state index in [1.165, 1.54) is 6.07 Å². The van der Waals surface area contributed by atoms with Crippen molar-refractivity contribution in [2.24, 2.45) is 11.8 Å². The molecule has 1 aliphatic heterocycles. The fourth-order valence-electron chi connectivity index (χ4n) is 3.81. The maximum Gasteiger partial charge on any atom is 0.246 e. The molecule has 2 heterocycles. The molecule has 2 fully saturated rings. The molecular formula is C19H17F2N3O3S. The van der Waals surface area contributed by atoms with Gasteiger partial charge in [-0.3, -0.25) is 19.3 Å². The molecule has 1 saturated heterocycles. The van der Waals surface area contributed by atoms with Gasteiger partial charge in [0.2, 0.25) is 17.7 Å². The Balaban J connectivity index is 1.42. The largest absolute Gasteiger partial charge is 0.300 e. The summed E-state index contributed by atoms with van der Waals surface area (Å²) in [7, 11) is 0. The van der Waals surface area contributed by atoms with E-state index in [1.54, 1.807) is 5.38 Å². The topological polar surface area (TPSA) is 79.4 Å². The Morgan fingerprint density at radius 2 is 1.82 bits per heavy atom. The van der Waals surface area contributed by atoms with Gasteiger partial charge in [0, 0.05) is 10.9 Å². The fourth-order valence-corrected chi connectivity index (χ4v) is 4.54. The molecule has 0 bridgehead atoms. The van der Waals surface area contributed by atoms with Crippen LogP contribution in [0.25, 0.3) is 11.3 Å². The Labute approximate surface area is 163 Å². The molecule has 1 aromatic carbocycles. The van der Waals surface area contributed by atoms with E-state index in [1.807, 2.05) is 0 Å². The highest BCUT2D eigenvalue weighted by molar-refractivity contribution is 7.14. The Morgan fingerprint density at radius 3 is 2.46 bits per heavy atom. The average molecular weight is 405 g/mol. The van der Waals surface area contributed by atoms with Crippen LogP contribution in [0.15, 0.2) is 23.6 Å². The van der Waals surface area contributed by atoms with E-state index in [0.717, 1.165) is 41.2 Å². The average Bonchev–Trinajstić information content (AvgIpc) is 3.23. The molecule has 4 rings (SSSR count). The van der Waals surface area contributed by atoms with Crippen LogP contribution in [0.2, 0.25) is 0 Å². The van der Waals surface area contributed by atoms with Crippen molar-refractivity contribution in [2.75, 3.05) is 11.9 Å². The molecule has 3 amide bonds. The van der Waals surface area contributed by atoms with Gasteiger partial charge in [0.25, 0.3) is 0 Å². The number of fused-ring (bicyclic) bond motifs is 1. The Hall–Kier alpha value is -2.68. The van der Waals surface area contributed by atoms with Crippen LogP contribution in [0.5, 0.6) is 0 Å². The molecule has 0 unspecified atom stereocenters. The molecule has 1 aliphatic carbocycles. The summed E-state index contributed by atoms with van der Waals surface area (Å²) < 4.78 is 26.4. The first-order chi connectivity index (χ1) is 13.4. The Morgan fingerprint density at radius 1 is 1.14 bits per heavy atom. The second-order valence-electron chi connectivity index (χ2n) is 6.98. The molecule has 6 nitrogen and oxygen atoms in total. The number of benzene rings is 1. The standard InChI is InChI=1S/C19H17F2N3O3S/c20-13-6-5-10(7-14(13)21)15-9-28-19(22-15)23-16(25)8-24-17(26)11-3-1-2-4-12(11)18(24)27/h5-7,9,11-12H,1-4,8H2,(H,22,23,25)/t11-,12+. The third kappa shape index (κ3) is 3.42. The van der Waals surface area contributed by atoms with Crippen LogP contribution in [0.4, 0.5) is 13.9 Å². The number of nitrogens with zero attached hydrogens (tertiary/aromatic N) is 2. The van der Waals surface area contributed by atoms with Crippen molar-refractivity contribution in [3.05, 3.63) is 35.2 Å². The summed E-state index contributed by atoms with van der Waals surface area (Å²) in [5, 5.41) is 4.41. The second-order valence-corrected chi connectivity index (χ2v) is 7.83. The van der Waals surface area contributed by atoms with Crippen LogP contribution >= 0.6 is 11.3 Å². The van der Waals surface area contributed by atoms with Gasteiger partial charge in [0.1, 0.15) is 6.54 Å². The number of halogens is 2. The van der Waals surface area contributed by atoms with Crippen LogP contribution in [0, 0.1) is 23.5 Å². The highest BCUT2D eigenvalue weighted by Gasteiger charge is 2.48. The van der Waals surface area contributed by atoms with Crippen LogP contribution in [-0.4, -0.2) is 34.2 Å². The van der Waals surface area contributed by atoms with E-state index in [0.29, 0.717) is 24.1 Å². The highest BCUT2D eigenvalue weighted by atomic mass is 32.1. The number of likely N-dealkylation sites (tertiary alicyclic amines) is 1. The molecule has 1 aromatic heterocycles. The third-order valence-corrected chi connectivity index (χ3v) is 5.96. The van der Waals surface area contributed by atoms with E-state index < -0.39 is 17.5 Å². The highest BCUT2D eigenvalue weighted by Crippen LogP contribution is 2.38. The van der Waals surface area contributed by atoms with Crippen LogP contribution in [0.1, 0.15) is 25.7 Å². The minimum Gasteiger partial charge on any atom is -0.300 e. The number of amides is 3. The molecule has 2 atom stereocenters. The maximum absolute atomic E-state index is 13.4. The van der Waals surface area contributed by atoms with Crippen molar-refractivity contribution in [1.82, 2.24) is 9.88 Å². The van der Waals surface area contributed by atoms with Gasteiger partial charge in [-0.15, -0.1) is 11.3 Å². The predicted octanol–water partition coefficient (Wildman–Crippen LogP) is 3.20. The van der Waals surface area contributed by atoms with Crippen LogP contribution in [-0.2, 0) is 14.4 Å². The van der Waals surface area contributed by atoms with Gasteiger partial charge in [0.15, 0.2) is 16.8 Å². The monoisotopic (exact) mass is 405 g/mol.